The molecular formula is C12H8O6. The minimum atomic E-state index is -1.08. The van der Waals surface area contributed by atoms with E-state index in [1.165, 1.54) is 19.1 Å². The van der Waals surface area contributed by atoms with Crippen molar-refractivity contribution in [3.05, 3.63) is 23.3 Å². The third kappa shape index (κ3) is 1.38. The number of Topliss-reactive ketones (excluding diaryl/α,β-unsaturated/α-hetero) is 1. The Morgan fingerprint density at radius 3 is 2.56 bits per heavy atom. The maximum absolute atomic E-state index is 11.6. The van der Waals surface area contributed by atoms with Crippen LogP contribution in [0, 0.1) is 0 Å². The molecule has 0 radical (unpaired) electrons. The van der Waals surface area contributed by atoms with Crippen LogP contribution in [0.3, 0.4) is 0 Å². The van der Waals surface area contributed by atoms with E-state index >= 15 is 0 Å². The van der Waals surface area contributed by atoms with Crippen molar-refractivity contribution in [1.82, 2.24) is 0 Å². The number of hydrogen-bond acceptors (Lipinski definition) is 6. The van der Waals surface area contributed by atoms with E-state index in [1.807, 2.05) is 0 Å². The highest BCUT2D eigenvalue weighted by Crippen LogP contribution is 2.39. The van der Waals surface area contributed by atoms with E-state index in [1.54, 1.807) is 0 Å². The van der Waals surface area contributed by atoms with Gasteiger partial charge in [0.15, 0.2) is 11.5 Å². The number of esters is 2. The summed E-state index contributed by atoms with van der Waals surface area (Å²) in [4.78, 5) is 34.7. The van der Waals surface area contributed by atoms with Crippen LogP contribution in [0.4, 0.5) is 0 Å². The molecule has 2 aliphatic rings. The maximum atomic E-state index is 11.6. The van der Waals surface area contributed by atoms with Gasteiger partial charge in [0.05, 0.1) is 5.56 Å². The van der Waals surface area contributed by atoms with Gasteiger partial charge in [-0.15, -0.1) is 0 Å². The first-order valence-electron chi connectivity index (χ1n) is 5.28. The molecule has 0 aromatic heterocycles. The minimum Gasteiger partial charge on any atom is -0.454 e. The Morgan fingerprint density at radius 1 is 1.22 bits per heavy atom. The van der Waals surface area contributed by atoms with Crippen molar-refractivity contribution in [3.8, 4) is 11.5 Å². The largest absolute Gasteiger partial charge is 0.454 e. The molecule has 6 heteroatoms. The summed E-state index contributed by atoms with van der Waals surface area (Å²) < 4.78 is 14.9. The summed E-state index contributed by atoms with van der Waals surface area (Å²) in [6, 6.07) is 2.92. The van der Waals surface area contributed by atoms with Crippen LogP contribution in [0.1, 0.15) is 28.8 Å². The van der Waals surface area contributed by atoms with Gasteiger partial charge < -0.3 is 14.2 Å². The predicted molar refractivity (Wildman–Crippen MR) is 56.4 cm³/mol. The molecule has 1 aromatic carbocycles. The summed E-state index contributed by atoms with van der Waals surface area (Å²) in [7, 11) is 0. The second-order valence-electron chi connectivity index (χ2n) is 4.04. The zero-order valence-corrected chi connectivity index (χ0v) is 9.39. The molecule has 6 nitrogen and oxygen atoms in total. The van der Waals surface area contributed by atoms with E-state index < -0.39 is 17.9 Å². The molecule has 1 aromatic rings. The number of hydrogen-bond donors (Lipinski definition) is 0. The third-order valence-corrected chi connectivity index (χ3v) is 2.91. The van der Waals surface area contributed by atoms with Crippen LogP contribution in [0.15, 0.2) is 12.1 Å². The quantitative estimate of drug-likeness (QED) is 0.540. The highest BCUT2D eigenvalue weighted by atomic mass is 16.7. The molecule has 0 fully saturated rings. The number of ether oxygens (including phenoxy) is 3. The third-order valence-electron chi connectivity index (χ3n) is 2.91. The van der Waals surface area contributed by atoms with Crippen molar-refractivity contribution in [2.45, 2.75) is 12.8 Å². The number of ketones is 1. The van der Waals surface area contributed by atoms with Gasteiger partial charge in [-0.05, 0) is 24.6 Å². The summed E-state index contributed by atoms with van der Waals surface area (Å²) in [5, 5.41) is 0. The van der Waals surface area contributed by atoms with Gasteiger partial charge >= 0.3 is 11.9 Å². The fourth-order valence-electron chi connectivity index (χ4n) is 2.09. The number of rotatable bonds is 1. The summed E-state index contributed by atoms with van der Waals surface area (Å²) in [5.41, 5.74) is 0.479. The fraction of sp³-hybridized carbons (Fsp3) is 0.250. The number of cyclic esters (lactones) is 2. The molecule has 0 bridgehead atoms. The first-order chi connectivity index (χ1) is 8.58. The summed E-state index contributed by atoms with van der Waals surface area (Å²) >= 11 is 0. The smallest absolute Gasteiger partial charge is 0.346 e. The Kier molecular flexibility index (Phi) is 2.13. The van der Waals surface area contributed by atoms with E-state index in [4.69, 9.17) is 9.47 Å². The lowest BCUT2D eigenvalue weighted by atomic mass is 9.89. The molecule has 0 spiro atoms. The van der Waals surface area contributed by atoms with E-state index in [9.17, 15) is 14.4 Å². The zero-order chi connectivity index (χ0) is 12.9. The van der Waals surface area contributed by atoms with Gasteiger partial charge in [0.2, 0.25) is 6.79 Å². The van der Waals surface area contributed by atoms with Crippen LogP contribution in [0.2, 0.25) is 0 Å². The van der Waals surface area contributed by atoms with E-state index in [2.05, 4.69) is 4.74 Å². The molecule has 0 amide bonds. The Morgan fingerprint density at radius 2 is 1.89 bits per heavy atom. The zero-order valence-electron chi connectivity index (χ0n) is 9.39. The molecule has 1 atom stereocenters. The summed E-state index contributed by atoms with van der Waals surface area (Å²) in [6.45, 7) is 1.32. The summed E-state index contributed by atoms with van der Waals surface area (Å²) in [6.07, 6.45) is 0. The van der Waals surface area contributed by atoms with Gasteiger partial charge in [-0.25, -0.2) is 4.79 Å². The first-order valence-corrected chi connectivity index (χ1v) is 5.28. The van der Waals surface area contributed by atoms with Crippen LogP contribution in [0.5, 0.6) is 11.5 Å². The summed E-state index contributed by atoms with van der Waals surface area (Å²) in [5.74, 6) is -2.26. The highest BCUT2D eigenvalue weighted by molar-refractivity contribution is 6.13. The normalized spacial score (nSPS) is 20.4. The van der Waals surface area contributed by atoms with Crippen molar-refractivity contribution < 1.29 is 28.6 Å². The Labute approximate surface area is 101 Å². The van der Waals surface area contributed by atoms with E-state index in [0.29, 0.717) is 17.1 Å². The average Bonchev–Trinajstić information content (AvgIpc) is 2.73. The van der Waals surface area contributed by atoms with E-state index in [-0.39, 0.29) is 18.1 Å². The van der Waals surface area contributed by atoms with Gasteiger partial charge in [-0.1, -0.05) is 0 Å². The van der Waals surface area contributed by atoms with Crippen LogP contribution in [0.25, 0.3) is 0 Å². The van der Waals surface area contributed by atoms with Crippen molar-refractivity contribution >= 4 is 17.7 Å². The molecule has 0 saturated carbocycles. The molecule has 2 aliphatic heterocycles. The highest BCUT2D eigenvalue weighted by Gasteiger charge is 2.39. The first kappa shape index (κ1) is 10.8. The van der Waals surface area contributed by atoms with Crippen LogP contribution in [-0.4, -0.2) is 24.5 Å². The lowest BCUT2D eigenvalue weighted by molar-refractivity contribution is -0.143. The molecule has 0 aliphatic carbocycles. The van der Waals surface area contributed by atoms with Gasteiger partial charge in [0.1, 0.15) is 11.7 Å². The molecule has 18 heavy (non-hydrogen) atoms. The monoisotopic (exact) mass is 248 g/mol. The predicted octanol–water partition coefficient (Wildman–Crippen LogP) is 0.785. The maximum Gasteiger partial charge on any atom is 0.346 e. The molecule has 92 valence electrons. The average molecular weight is 248 g/mol. The molecule has 2 heterocycles. The lowest BCUT2D eigenvalue weighted by Crippen LogP contribution is -2.31. The number of carbonyl (C=O) groups is 3. The Balaban J connectivity index is 2.22. The van der Waals surface area contributed by atoms with Crippen molar-refractivity contribution in [3.63, 3.8) is 0 Å². The van der Waals surface area contributed by atoms with Crippen molar-refractivity contribution in [1.29, 1.82) is 0 Å². The minimum absolute atomic E-state index is 0.0476. The number of fused-ring (bicyclic) bond motifs is 2. The van der Waals surface area contributed by atoms with Crippen LogP contribution < -0.4 is 9.47 Å². The van der Waals surface area contributed by atoms with Crippen LogP contribution >= 0.6 is 0 Å². The Bertz CT molecular complexity index is 588. The molecule has 1 unspecified atom stereocenters. The molecule has 0 N–H and O–H groups in total. The van der Waals surface area contributed by atoms with Crippen LogP contribution in [-0.2, 0) is 14.3 Å². The number of carbonyl (C=O) groups excluding carboxylic acids is 3. The van der Waals surface area contributed by atoms with Crippen molar-refractivity contribution in [2.24, 2.45) is 0 Å². The topological polar surface area (TPSA) is 78.9 Å². The second kappa shape index (κ2) is 3.56. The molecule has 0 saturated heterocycles. The van der Waals surface area contributed by atoms with Gasteiger partial charge in [0.25, 0.3) is 0 Å². The SMILES string of the molecule is CC(=O)C1C(=O)OC(=O)c2cc3c(cc21)OCO3. The molecule has 3 rings (SSSR count). The Hall–Kier alpha value is -2.37. The van der Waals surface area contributed by atoms with Gasteiger partial charge in [-0.2, -0.15) is 0 Å². The van der Waals surface area contributed by atoms with E-state index in [0.717, 1.165) is 0 Å². The van der Waals surface area contributed by atoms with Gasteiger partial charge in [0, 0.05) is 0 Å². The van der Waals surface area contributed by atoms with Crippen molar-refractivity contribution in [2.75, 3.05) is 6.79 Å². The fourth-order valence-corrected chi connectivity index (χ4v) is 2.09. The van der Waals surface area contributed by atoms with Gasteiger partial charge in [-0.3, -0.25) is 9.59 Å². The lowest BCUT2D eigenvalue weighted by Gasteiger charge is -2.21. The number of benzene rings is 1. The second-order valence-corrected chi connectivity index (χ2v) is 4.04. The standard InChI is InChI=1S/C12H8O6/c1-5(13)10-6-2-8-9(17-4-16-8)3-7(6)11(14)18-12(10)15/h2-3,10H,4H2,1H3. The molecular weight excluding hydrogens is 240 g/mol.